The van der Waals surface area contributed by atoms with E-state index in [9.17, 15) is 14.9 Å². The summed E-state index contributed by atoms with van der Waals surface area (Å²) in [6.45, 7) is 1.43. The molecule has 0 spiro atoms. The van der Waals surface area contributed by atoms with Crippen molar-refractivity contribution in [3.8, 4) is 6.07 Å². The van der Waals surface area contributed by atoms with E-state index in [1.54, 1.807) is 6.07 Å². The standard InChI is InChI=1S/C22H19N3O3S/c1-12-20(14-5-3-4-6-17(14)24-12)19(26)11-28-22(27)15-9-18(13-7-8-13)25-21(29-2)16(15)10-23/h3-6,9,13,24H,7-8,11H2,1-2H3. The Balaban J connectivity index is 1.58. The van der Waals surface area contributed by atoms with Crippen LogP contribution < -0.4 is 0 Å². The number of rotatable bonds is 6. The lowest BCUT2D eigenvalue weighted by molar-refractivity contribution is 0.0474. The Labute approximate surface area is 172 Å². The van der Waals surface area contributed by atoms with E-state index < -0.39 is 5.97 Å². The fraction of sp³-hybridized carbons (Fsp3) is 0.273. The van der Waals surface area contributed by atoms with Crippen molar-refractivity contribution in [2.45, 2.75) is 30.7 Å². The average molecular weight is 405 g/mol. The number of para-hydroxylation sites is 1. The number of nitriles is 1. The fourth-order valence-electron chi connectivity index (χ4n) is 3.46. The highest BCUT2D eigenvalue weighted by molar-refractivity contribution is 7.98. The Morgan fingerprint density at radius 2 is 2.10 bits per heavy atom. The number of ketones is 1. The molecule has 1 aromatic carbocycles. The maximum Gasteiger partial charge on any atom is 0.340 e. The molecule has 0 saturated heterocycles. The average Bonchev–Trinajstić information content (AvgIpc) is 3.52. The molecule has 1 fully saturated rings. The zero-order valence-corrected chi connectivity index (χ0v) is 16.9. The molecule has 0 aliphatic heterocycles. The number of fused-ring (bicyclic) bond motifs is 1. The molecular formula is C22H19N3O3S. The van der Waals surface area contributed by atoms with Crippen LogP contribution in [0, 0.1) is 18.3 Å². The number of thioether (sulfide) groups is 1. The van der Waals surface area contributed by atoms with E-state index in [0.29, 0.717) is 16.5 Å². The third-order valence-corrected chi connectivity index (χ3v) is 5.72. The van der Waals surface area contributed by atoms with Crippen molar-refractivity contribution in [2.24, 2.45) is 0 Å². The molecule has 3 aromatic rings. The van der Waals surface area contributed by atoms with E-state index in [1.807, 2.05) is 37.4 Å². The summed E-state index contributed by atoms with van der Waals surface area (Å²) >= 11 is 1.32. The highest BCUT2D eigenvalue weighted by atomic mass is 32.2. The number of nitrogens with one attached hydrogen (secondary N) is 1. The predicted molar refractivity (Wildman–Crippen MR) is 110 cm³/mol. The number of Topliss-reactive ketones (excluding diaryl/α,β-unsaturated/α-hetero) is 1. The number of hydrogen-bond donors (Lipinski definition) is 1. The van der Waals surface area contributed by atoms with Gasteiger partial charge >= 0.3 is 5.97 Å². The molecule has 0 atom stereocenters. The number of nitrogens with zero attached hydrogens (tertiary/aromatic N) is 2. The van der Waals surface area contributed by atoms with Crippen LogP contribution in [0.15, 0.2) is 35.4 Å². The summed E-state index contributed by atoms with van der Waals surface area (Å²) in [4.78, 5) is 33.2. The molecule has 1 saturated carbocycles. The van der Waals surface area contributed by atoms with Gasteiger partial charge in [-0.1, -0.05) is 18.2 Å². The van der Waals surface area contributed by atoms with Gasteiger partial charge in [0.2, 0.25) is 5.78 Å². The van der Waals surface area contributed by atoms with Gasteiger partial charge in [-0.25, -0.2) is 9.78 Å². The minimum absolute atomic E-state index is 0.178. The van der Waals surface area contributed by atoms with E-state index in [-0.39, 0.29) is 23.5 Å². The number of esters is 1. The summed E-state index contributed by atoms with van der Waals surface area (Å²) in [6.07, 6.45) is 3.87. The molecule has 0 amide bonds. The third kappa shape index (κ3) is 3.64. The number of carbonyl (C=O) groups excluding carboxylic acids is 2. The Morgan fingerprint density at radius 1 is 1.34 bits per heavy atom. The number of pyridine rings is 1. The number of carbonyl (C=O) groups is 2. The van der Waals surface area contributed by atoms with Gasteiger partial charge in [0.15, 0.2) is 6.61 Å². The van der Waals surface area contributed by atoms with Gasteiger partial charge in [0, 0.05) is 33.8 Å². The molecular weight excluding hydrogens is 386 g/mol. The molecule has 0 radical (unpaired) electrons. The van der Waals surface area contributed by atoms with E-state index in [2.05, 4.69) is 16.0 Å². The van der Waals surface area contributed by atoms with E-state index in [0.717, 1.165) is 35.1 Å². The van der Waals surface area contributed by atoms with Gasteiger partial charge in [-0.15, -0.1) is 11.8 Å². The van der Waals surface area contributed by atoms with Crippen LogP contribution in [0.3, 0.4) is 0 Å². The summed E-state index contributed by atoms with van der Waals surface area (Å²) in [5.74, 6) is -0.629. The van der Waals surface area contributed by atoms with Crippen LogP contribution in [0.1, 0.15) is 56.4 Å². The van der Waals surface area contributed by atoms with Gasteiger partial charge in [-0.3, -0.25) is 4.79 Å². The lowest BCUT2D eigenvalue weighted by atomic mass is 10.1. The molecule has 2 aromatic heterocycles. The number of benzene rings is 1. The quantitative estimate of drug-likeness (QED) is 0.371. The summed E-state index contributed by atoms with van der Waals surface area (Å²) < 4.78 is 5.32. The number of aromatic amines is 1. The number of ether oxygens (including phenoxy) is 1. The molecule has 4 rings (SSSR count). The lowest BCUT2D eigenvalue weighted by Crippen LogP contribution is -2.16. The summed E-state index contributed by atoms with van der Waals surface area (Å²) in [6, 6.07) is 11.2. The first-order valence-electron chi connectivity index (χ1n) is 9.30. The largest absolute Gasteiger partial charge is 0.454 e. The molecule has 1 N–H and O–H groups in total. The van der Waals surface area contributed by atoms with Crippen LogP contribution in [0.2, 0.25) is 0 Å². The summed E-state index contributed by atoms with van der Waals surface area (Å²) in [5.41, 5.74) is 3.29. The van der Waals surface area contributed by atoms with Gasteiger partial charge in [0.25, 0.3) is 0 Å². The minimum Gasteiger partial charge on any atom is -0.454 e. The zero-order chi connectivity index (χ0) is 20.5. The molecule has 2 heterocycles. The van der Waals surface area contributed by atoms with E-state index in [4.69, 9.17) is 4.74 Å². The van der Waals surface area contributed by atoms with Gasteiger partial charge in [0.1, 0.15) is 11.1 Å². The SMILES string of the molecule is CSc1nc(C2CC2)cc(C(=O)OCC(=O)c2c(C)[nH]c3ccccc23)c1C#N. The highest BCUT2D eigenvalue weighted by Gasteiger charge is 2.29. The maximum atomic E-state index is 12.8. The van der Waals surface area contributed by atoms with Crippen LogP contribution >= 0.6 is 11.8 Å². The van der Waals surface area contributed by atoms with Crippen molar-refractivity contribution in [3.63, 3.8) is 0 Å². The predicted octanol–water partition coefficient (Wildman–Crippen LogP) is 4.38. The molecule has 6 nitrogen and oxygen atoms in total. The van der Waals surface area contributed by atoms with Crippen molar-refractivity contribution in [2.75, 3.05) is 12.9 Å². The molecule has 146 valence electrons. The smallest absolute Gasteiger partial charge is 0.340 e. The second-order valence-corrected chi connectivity index (χ2v) is 7.83. The number of hydrogen-bond acceptors (Lipinski definition) is 6. The number of aryl methyl sites for hydroxylation is 1. The van der Waals surface area contributed by atoms with Gasteiger partial charge < -0.3 is 9.72 Å². The monoisotopic (exact) mass is 405 g/mol. The van der Waals surface area contributed by atoms with Crippen LogP contribution in [0.25, 0.3) is 10.9 Å². The Morgan fingerprint density at radius 3 is 2.79 bits per heavy atom. The molecule has 0 bridgehead atoms. The molecule has 1 aliphatic rings. The zero-order valence-electron chi connectivity index (χ0n) is 16.1. The molecule has 1 aliphatic carbocycles. The fourth-order valence-corrected chi connectivity index (χ4v) is 4.02. The molecule has 7 heteroatoms. The first kappa shape index (κ1) is 19.2. The Hall–Kier alpha value is -3.11. The normalized spacial score (nSPS) is 13.3. The van der Waals surface area contributed by atoms with Crippen LogP contribution in [0.5, 0.6) is 0 Å². The van der Waals surface area contributed by atoms with E-state index >= 15 is 0 Å². The molecule has 29 heavy (non-hydrogen) atoms. The van der Waals surface area contributed by atoms with Crippen LogP contribution in [-0.2, 0) is 4.74 Å². The van der Waals surface area contributed by atoms with Crippen molar-refractivity contribution < 1.29 is 14.3 Å². The highest BCUT2D eigenvalue weighted by Crippen LogP contribution is 2.40. The first-order chi connectivity index (χ1) is 14.0. The van der Waals surface area contributed by atoms with Gasteiger partial charge in [-0.2, -0.15) is 5.26 Å². The van der Waals surface area contributed by atoms with Crippen molar-refractivity contribution >= 4 is 34.4 Å². The second kappa shape index (κ2) is 7.72. The Kier molecular flexibility index (Phi) is 5.12. The lowest BCUT2D eigenvalue weighted by Gasteiger charge is -2.10. The van der Waals surface area contributed by atoms with Gasteiger partial charge in [0.05, 0.1) is 11.1 Å². The second-order valence-electron chi connectivity index (χ2n) is 7.03. The van der Waals surface area contributed by atoms with Crippen LogP contribution in [0.4, 0.5) is 0 Å². The topological polar surface area (TPSA) is 95.8 Å². The first-order valence-corrected chi connectivity index (χ1v) is 10.5. The van der Waals surface area contributed by atoms with Crippen molar-refractivity contribution in [1.29, 1.82) is 5.26 Å². The number of aromatic nitrogens is 2. The molecule has 0 unspecified atom stereocenters. The van der Waals surface area contributed by atoms with Crippen LogP contribution in [-0.4, -0.2) is 34.6 Å². The Bertz CT molecular complexity index is 1170. The summed E-state index contributed by atoms with van der Waals surface area (Å²) in [7, 11) is 0. The third-order valence-electron chi connectivity index (χ3n) is 5.03. The van der Waals surface area contributed by atoms with Gasteiger partial charge in [-0.05, 0) is 38.2 Å². The van der Waals surface area contributed by atoms with Crippen molar-refractivity contribution in [3.05, 3.63) is 58.4 Å². The summed E-state index contributed by atoms with van der Waals surface area (Å²) in [5, 5.41) is 10.8. The minimum atomic E-state index is -0.674. The van der Waals surface area contributed by atoms with Crippen molar-refractivity contribution in [1.82, 2.24) is 9.97 Å². The number of H-pyrrole nitrogens is 1. The maximum absolute atomic E-state index is 12.8. The van der Waals surface area contributed by atoms with E-state index in [1.165, 1.54) is 11.8 Å².